The Hall–Kier alpha value is -0.610. The van der Waals surface area contributed by atoms with Gasteiger partial charge in [0.05, 0.1) is 0 Å². The highest BCUT2D eigenvalue weighted by atomic mass is 35.5. The molecule has 2 unspecified atom stereocenters. The Morgan fingerprint density at radius 3 is 2.60 bits per heavy atom. The van der Waals surface area contributed by atoms with E-state index in [1.165, 1.54) is 5.56 Å². The molecule has 0 saturated carbocycles. The fourth-order valence-electron chi connectivity index (χ4n) is 2.96. The molecule has 2 atom stereocenters. The average molecular weight is 296 g/mol. The summed E-state index contributed by atoms with van der Waals surface area (Å²) in [6.45, 7) is 6.62. The third-order valence-electron chi connectivity index (χ3n) is 4.20. The number of benzene rings is 1. The van der Waals surface area contributed by atoms with Crippen molar-refractivity contribution in [1.82, 2.24) is 15.1 Å². The van der Waals surface area contributed by atoms with Crippen molar-refractivity contribution in [2.45, 2.75) is 25.4 Å². The molecular weight excluding hydrogens is 270 g/mol. The fourth-order valence-corrected chi connectivity index (χ4v) is 3.09. The van der Waals surface area contributed by atoms with Gasteiger partial charge in [-0.2, -0.15) is 0 Å². The van der Waals surface area contributed by atoms with Crippen LogP contribution in [0.5, 0.6) is 0 Å². The lowest BCUT2D eigenvalue weighted by molar-refractivity contribution is 0.0881. The van der Waals surface area contributed by atoms with Crippen molar-refractivity contribution >= 4 is 11.6 Å². The Bertz CT molecular complexity index is 407. The minimum absolute atomic E-state index is 0.480. The predicted molar refractivity (Wildman–Crippen MR) is 86.5 cm³/mol. The Balaban J connectivity index is 2.07. The van der Waals surface area contributed by atoms with Gasteiger partial charge < -0.3 is 10.2 Å². The molecule has 0 bridgehead atoms. The van der Waals surface area contributed by atoms with Gasteiger partial charge in [-0.05, 0) is 44.8 Å². The second kappa shape index (κ2) is 7.41. The van der Waals surface area contributed by atoms with E-state index < -0.39 is 0 Å². The van der Waals surface area contributed by atoms with Gasteiger partial charge in [0, 0.05) is 36.7 Å². The summed E-state index contributed by atoms with van der Waals surface area (Å²) in [5.74, 6) is 0. The van der Waals surface area contributed by atoms with Gasteiger partial charge in [0.25, 0.3) is 0 Å². The van der Waals surface area contributed by atoms with E-state index in [-0.39, 0.29) is 0 Å². The van der Waals surface area contributed by atoms with Gasteiger partial charge in [-0.25, -0.2) is 0 Å². The highest BCUT2D eigenvalue weighted by Gasteiger charge is 2.29. The first kappa shape index (κ1) is 15.8. The Labute approximate surface area is 127 Å². The van der Waals surface area contributed by atoms with Crippen LogP contribution in [0, 0.1) is 0 Å². The summed E-state index contributed by atoms with van der Waals surface area (Å²) in [5, 5.41) is 4.47. The monoisotopic (exact) mass is 295 g/mol. The van der Waals surface area contributed by atoms with E-state index in [1.807, 2.05) is 12.1 Å². The normalized spacial score (nSPS) is 22.9. The Morgan fingerprint density at radius 1 is 1.25 bits per heavy atom. The van der Waals surface area contributed by atoms with Crippen molar-refractivity contribution in [2.75, 3.05) is 40.3 Å². The minimum Gasteiger partial charge on any atom is -0.312 e. The summed E-state index contributed by atoms with van der Waals surface area (Å²) in [6.07, 6.45) is 1.05. The van der Waals surface area contributed by atoms with Crippen LogP contribution < -0.4 is 5.32 Å². The summed E-state index contributed by atoms with van der Waals surface area (Å²) in [4.78, 5) is 4.92. The fraction of sp³-hybridized carbons (Fsp3) is 0.625. The smallest absolute Gasteiger partial charge is 0.0406 e. The summed E-state index contributed by atoms with van der Waals surface area (Å²) >= 11 is 5.97. The number of likely N-dealkylation sites (N-methyl/N-ethyl adjacent to an activating group) is 3. The minimum atomic E-state index is 0.480. The highest BCUT2D eigenvalue weighted by molar-refractivity contribution is 6.30. The predicted octanol–water partition coefficient (Wildman–Crippen LogP) is 2.11. The first-order valence-electron chi connectivity index (χ1n) is 7.46. The van der Waals surface area contributed by atoms with Gasteiger partial charge in [-0.15, -0.1) is 0 Å². The van der Waals surface area contributed by atoms with Crippen LogP contribution in [-0.2, 0) is 6.42 Å². The summed E-state index contributed by atoms with van der Waals surface area (Å²) in [5.41, 5.74) is 1.35. The molecule has 0 amide bonds. The number of nitrogens with zero attached hydrogens (tertiary/aromatic N) is 2. The number of hydrogen-bond donors (Lipinski definition) is 1. The third kappa shape index (κ3) is 4.19. The zero-order chi connectivity index (χ0) is 14.5. The molecule has 1 aliphatic rings. The zero-order valence-corrected chi connectivity index (χ0v) is 13.5. The van der Waals surface area contributed by atoms with Crippen LogP contribution in [0.1, 0.15) is 12.5 Å². The second-order valence-electron chi connectivity index (χ2n) is 5.80. The van der Waals surface area contributed by atoms with E-state index in [4.69, 9.17) is 11.6 Å². The summed E-state index contributed by atoms with van der Waals surface area (Å²) in [6, 6.07) is 9.28. The molecule has 0 spiro atoms. The first-order valence-corrected chi connectivity index (χ1v) is 7.84. The van der Waals surface area contributed by atoms with Crippen molar-refractivity contribution in [3.05, 3.63) is 34.9 Å². The lowest BCUT2D eigenvalue weighted by Gasteiger charge is -2.42. The van der Waals surface area contributed by atoms with Gasteiger partial charge >= 0.3 is 0 Å². The van der Waals surface area contributed by atoms with Crippen LogP contribution in [0.25, 0.3) is 0 Å². The lowest BCUT2D eigenvalue weighted by Crippen LogP contribution is -2.59. The molecule has 2 rings (SSSR count). The SMILES string of the molecule is CCNC(Cc1ccc(Cl)cc1)C1CN(C)CCN1C. The van der Waals surface area contributed by atoms with Gasteiger partial charge in [0.15, 0.2) is 0 Å². The molecule has 0 radical (unpaired) electrons. The molecular formula is C16H26ClN3. The van der Waals surface area contributed by atoms with E-state index in [0.29, 0.717) is 12.1 Å². The molecule has 0 aromatic heterocycles. The van der Waals surface area contributed by atoms with Gasteiger partial charge in [-0.1, -0.05) is 30.7 Å². The van der Waals surface area contributed by atoms with Crippen molar-refractivity contribution in [1.29, 1.82) is 0 Å². The standard InChI is InChI=1S/C16H26ClN3/c1-4-18-15(11-13-5-7-14(17)8-6-13)16-12-19(2)9-10-20(16)3/h5-8,15-16,18H,4,9-12H2,1-3H3. The van der Waals surface area contributed by atoms with Crippen molar-refractivity contribution in [2.24, 2.45) is 0 Å². The van der Waals surface area contributed by atoms with Gasteiger partial charge in [-0.3, -0.25) is 4.90 Å². The zero-order valence-electron chi connectivity index (χ0n) is 12.8. The average Bonchev–Trinajstić information content (AvgIpc) is 2.43. The maximum absolute atomic E-state index is 5.97. The van der Waals surface area contributed by atoms with Crippen LogP contribution in [0.3, 0.4) is 0 Å². The number of hydrogen-bond acceptors (Lipinski definition) is 3. The molecule has 1 fully saturated rings. The number of rotatable bonds is 5. The molecule has 20 heavy (non-hydrogen) atoms. The largest absolute Gasteiger partial charge is 0.312 e. The highest BCUT2D eigenvalue weighted by Crippen LogP contribution is 2.16. The third-order valence-corrected chi connectivity index (χ3v) is 4.45. The van der Waals surface area contributed by atoms with Gasteiger partial charge in [0.2, 0.25) is 0 Å². The molecule has 1 saturated heterocycles. The topological polar surface area (TPSA) is 18.5 Å². The molecule has 3 nitrogen and oxygen atoms in total. The van der Waals surface area contributed by atoms with Crippen LogP contribution in [0.2, 0.25) is 5.02 Å². The molecule has 4 heteroatoms. The Morgan fingerprint density at radius 2 is 1.95 bits per heavy atom. The molecule has 112 valence electrons. The van der Waals surface area contributed by atoms with Crippen LogP contribution in [0.4, 0.5) is 0 Å². The van der Waals surface area contributed by atoms with E-state index in [1.54, 1.807) is 0 Å². The quantitative estimate of drug-likeness (QED) is 0.897. The molecule has 1 heterocycles. The molecule has 1 aromatic rings. The number of nitrogens with one attached hydrogen (secondary N) is 1. The van der Waals surface area contributed by atoms with Gasteiger partial charge in [0.1, 0.15) is 0 Å². The molecule has 0 aliphatic carbocycles. The van der Waals surface area contributed by atoms with Crippen molar-refractivity contribution in [3.8, 4) is 0 Å². The van der Waals surface area contributed by atoms with Crippen molar-refractivity contribution in [3.63, 3.8) is 0 Å². The van der Waals surface area contributed by atoms with E-state index in [9.17, 15) is 0 Å². The number of piperazine rings is 1. The number of halogens is 1. The summed E-state index contributed by atoms with van der Waals surface area (Å²) < 4.78 is 0. The lowest BCUT2D eigenvalue weighted by atomic mass is 9.96. The van der Waals surface area contributed by atoms with Crippen LogP contribution in [-0.4, -0.2) is 62.2 Å². The Kier molecular flexibility index (Phi) is 5.85. The van der Waals surface area contributed by atoms with E-state index in [0.717, 1.165) is 37.6 Å². The second-order valence-corrected chi connectivity index (χ2v) is 6.24. The maximum atomic E-state index is 5.97. The molecule has 1 aromatic carbocycles. The van der Waals surface area contributed by atoms with Crippen LogP contribution >= 0.6 is 11.6 Å². The van der Waals surface area contributed by atoms with E-state index in [2.05, 4.69) is 48.3 Å². The van der Waals surface area contributed by atoms with Crippen molar-refractivity contribution < 1.29 is 0 Å². The first-order chi connectivity index (χ1) is 9.60. The molecule has 1 aliphatic heterocycles. The molecule has 1 N–H and O–H groups in total. The van der Waals surface area contributed by atoms with Crippen LogP contribution in [0.15, 0.2) is 24.3 Å². The van der Waals surface area contributed by atoms with E-state index >= 15 is 0 Å². The summed E-state index contributed by atoms with van der Waals surface area (Å²) in [7, 11) is 4.45. The maximum Gasteiger partial charge on any atom is 0.0406 e.